The first-order valence-corrected chi connectivity index (χ1v) is 9.87. The number of nitrogens with two attached hydrogens (primary N) is 1. The van der Waals surface area contributed by atoms with Crippen LogP contribution < -0.4 is 16.4 Å². The van der Waals surface area contributed by atoms with Gasteiger partial charge in [-0.3, -0.25) is 9.59 Å². The molecule has 6 nitrogen and oxygen atoms in total. The summed E-state index contributed by atoms with van der Waals surface area (Å²) in [5, 5.41) is 6.55. The zero-order chi connectivity index (χ0) is 21.6. The number of aromatic nitrogens is 1. The molecule has 31 heavy (non-hydrogen) atoms. The lowest BCUT2D eigenvalue weighted by molar-refractivity contribution is -0.117. The Hall–Kier alpha value is -4.32. The first-order chi connectivity index (χ1) is 15.1. The molecular weight excluding hydrogens is 388 g/mol. The van der Waals surface area contributed by atoms with E-state index in [1.54, 1.807) is 36.4 Å². The molecule has 0 aliphatic rings. The maximum Gasteiger partial charge on any atom is 0.268 e. The number of rotatable bonds is 6. The smallest absolute Gasteiger partial charge is 0.268 e. The molecule has 0 aliphatic heterocycles. The fourth-order valence-corrected chi connectivity index (χ4v) is 3.28. The van der Waals surface area contributed by atoms with Crippen LogP contribution in [0.1, 0.15) is 21.5 Å². The van der Waals surface area contributed by atoms with Gasteiger partial charge in [0.25, 0.3) is 11.8 Å². The molecule has 1 aromatic heterocycles. The molecule has 0 saturated carbocycles. The average molecular weight is 410 g/mol. The minimum atomic E-state index is -0.405. The summed E-state index contributed by atoms with van der Waals surface area (Å²) in [5.74, 6) is -0.765. The lowest BCUT2D eigenvalue weighted by Crippen LogP contribution is -2.34. The van der Waals surface area contributed by atoms with Crippen molar-refractivity contribution in [2.24, 2.45) is 0 Å². The number of hydrogen-bond acceptors (Lipinski definition) is 3. The van der Waals surface area contributed by atoms with Crippen molar-refractivity contribution in [3.63, 3.8) is 0 Å². The average Bonchev–Trinajstić information content (AvgIpc) is 3.21. The van der Waals surface area contributed by atoms with Gasteiger partial charge in [0.2, 0.25) is 0 Å². The molecule has 5 N–H and O–H groups in total. The molecule has 0 atom stereocenters. The number of anilines is 1. The van der Waals surface area contributed by atoms with E-state index in [9.17, 15) is 9.59 Å². The van der Waals surface area contributed by atoms with Gasteiger partial charge < -0.3 is 21.4 Å². The third-order valence-electron chi connectivity index (χ3n) is 4.94. The minimum absolute atomic E-state index is 0.146. The van der Waals surface area contributed by atoms with Gasteiger partial charge >= 0.3 is 0 Å². The van der Waals surface area contributed by atoms with E-state index < -0.39 is 5.91 Å². The Bertz CT molecular complexity index is 1260. The third-order valence-corrected chi connectivity index (χ3v) is 4.94. The SMILES string of the molecule is Nc1ccccc1CNC(=O)C(=Cc1c[nH]c2ccccc12)NC(=O)c1ccccc1. The number of hydrogen-bond donors (Lipinski definition) is 4. The molecule has 3 aromatic carbocycles. The Morgan fingerprint density at radius 2 is 1.61 bits per heavy atom. The first kappa shape index (κ1) is 20.0. The van der Waals surface area contributed by atoms with E-state index in [2.05, 4.69) is 15.6 Å². The monoisotopic (exact) mass is 410 g/mol. The predicted molar refractivity (Wildman–Crippen MR) is 123 cm³/mol. The van der Waals surface area contributed by atoms with Crippen molar-refractivity contribution in [2.45, 2.75) is 6.54 Å². The van der Waals surface area contributed by atoms with E-state index >= 15 is 0 Å². The zero-order valence-corrected chi connectivity index (χ0v) is 16.8. The number of para-hydroxylation sites is 2. The Balaban J connectivity index is 1.62. The predicted octanol–water partition coefficient (Wildman–Crippen LogP) is 3.84. The quantitative estimate of drug-likeness (QED) is 0.287. The summed E-state index contributed by atoms with van der Waals surface area (Å²) in [7, 11) is 0. The molecular formula is C25H22N4O2. The van der Waals surface area contributed by atoms with Crippen molar-refractivity contribution in [1.29, 1.82) is 0 Å². The summed E-state index contributed by atoms with van der Waals surface area (Å²) in [4.78, 5) is 28.9. The van der Waals surface area contributed by atoms with Gasteiger partial charge in [0.15, 0.2) is 0 Å². The van der Waals surface area contributed by atoms with Crippen molar-refractivity contribution in [2.75, 3.05) is 5.73 Å². The number of amides is 2. The Morgan fingerprint density at radius 1 is 0.903 bits per heavy atom. The number of nitrogen functional groups attached to an aromatic ring is 1. The second-order valence-electron chi connectivity index (χ2n) is 7.05. The zero-order valence-electron chi connectivity index (χ0n) is 16.8. The van der Waals surface area contributed by atoms with Gasteiger partial charge in [-0.2, -0.15) is 0 Å². The molecule has 6 heteroatoms. The standard InChI is InChI=1S/C25H22N4O2/c26-21-12-6-4-10-18(21)15-28-25(31)23(29-24(30)17-8-2-1-3-9-17)14-19-16-27-22-13-7-5-11-20(19)22/h1-14,16,27H,15,26H2,(H,28,31)(H,29,30). The highest BCUT2D eigenvalue weighted by Gasteiger charge is 2.16. The topological polar surface area (TPSA) is 100 Å². The number of carbonyl (C=O) groups excluding carboxylic acids is 2. The van der Waals surface area contributed by atoms with E-state index in [1.807, 2.05) is 54.7 Å². The highest BCUT2D eigenvalue weighted by molar-refractivity contribution is 6.06. The van der Waals surface area contributed by atoms with E-state index in [0.717, 1.165) is 22.0 Å². The van der Waals surface area contributed by atoms with Crippen LogP contribution in [0.15, 0.2) is 90.8 Å². The van der Waals surface area contributed by atoms with E-state index in [-0.39, 0.29) is 18.1 Å². The highest BCUT2D eigenvalue weighted by Crippen LogP contribution is 2.20. The summed E-state index contributed by atoms with van der Waals surface area (Å²) >= 11 is 0. The molecule has 4 rings (SSSR count). The summed E-state index contributed by atoms with van der Waals surface area (Å²) in [6, 6.07) is 23.9. The molecule has 0 unspecified atom stereocenters. The molecule has 0 radical (unpaired) electrons. The maximum atomic E-state index is 13.0. The minimum Gasteiger partial charge on any atom is -0.398 e. The summed E-state index contributed by atoms with van der Waals surface area (Å²) in [6.07, 6.45) is 3.48. The largest absolute Gasteiger partial charge is 0.398 e. The van der Waals surface area contributed by atoms with E-state index in [4.69, 9.17) is 5.73 Å². The number of aromatic amines is 1. The van der Waals surface area contributed by atoms with Crippen LogP contribution in [-0.2, 0) is 11.3 Å². The molecule has 0 spiro atoms. The van der Waals surface area contributed by atoms with Crippen LogP contribution >= 0.6 is 0 Å². The van der Waals surface area contributed by atoms with Crippen molar-refractivity contribution in [3.8, 4) is 0 Å². The maximum absolute atomic E-state index is 13.0. The number of H-pyrrole nitrogens is 1. The van der Waals surface area contributed by atoms with Gasteiger partial charge in [-0.05, 0) is 35.9 Å². The Morgan fingerprint density at radius 3 is 2.42 bits per heavy atom. The summed E-state index contributed by atoms with van der Waals surface area (Å²) in [6.45, 7) is 0.248. The fourth-order valence-electron chi connectivity index (χ4n) is 3.28. The van der Waals surface area contributed by atoms with E-state index in [0.29, 0.717) is 11.3 Å². The molecule has 4 aromatic rings. The molecule has 0 bridgehead atoms. The van der Waals surface area contributed by atoms with Crippen molar-refractivity contribution < 1.29 is 9.59 Å². The molecule has 0 fully saturated rings. The lowest BCUT2D eigenvalue weighted by atomic mass is 10.1. The van der Waals surface area contributed by atoms with Crippen molar-refractivity contribution in [3.05, 3.63) is 107 Å². The van der Waals surface area contributed by atoms with E-state index in [1.165, 1.54) is 0 Å². The van der Waals surface area contributed by atoms with Crippen molar-refractivity contribution >= 4 is 34.5 Å². The summed E-state index contributed by atoms with van der Waals surface area (Å²) in [5.41, 5.74) is 9.73. The highest BCUT2D eigenvalue weighted by atomic mass is 16.2. The Labute approximate surface area is 179 Å². The second kappa shape index (κ2) is 9.00. The normalized spacial score (nSPS) is 11.3. The van der Waals surface area contributed by atoms with Crippen LogP contribution in [0.25, 0.3) is 17.0 Å². The number of nitrogens with one attached hydrogen (secondary N) is 3. The third kappa shape index (κ3) is 4.64. The van der Waals surface area contributed by atoms with Crippen LogP contribution in [0.2, 0.25) is 0 Å². The molecule has 0 saturated heterocycles. The molecule has 2 amide bonds. The molecule has 0 aliphatic carbocycles. The van der Waals surface area contributed by atoms with Gasteiger partial charge in [-0.15, -0.1) is 0 Å². The van der Waals surface area contributed by atoms with Crippen LogP contribution in [0.4, 0.5) is 5.69 Å². The number of benzene rings is 3. The molecule has 154 valence electrons. The first-order valence-electron chi connectivity index (χ1n) is 9.87. The number of carbonyl (C=O) groups is 2. The van der Waals surface area contributed by atoms with Gasteiger partial charge in [-0.1, -0.05) is 54.6 Å². The lowest BCUT2D eigenvalue weighted by Gasteiger charge is -2.12. The Kier molecular flexibility index (Phi) is 5.80. The van der Waals surface area contributed by atoms with Gasteiger partial charge in [0, 0.05) is 40.5 Å². The number of fused-ring (bicyclic) bond motifs is 1. The second-order valence-corrected chi connectivity index (χ2v) is 7.05. The van der Waals surface area contributed by atoms with Gasteiger partial charge in [0.1, 0.15) is 5.70 Å². The molecule has 1 heterocycles. The van der Waals surface area contributed by atoms with Gasteiger partial charge in [0.05, 0.1) is 0 Å². The van der Waals surface area contributed by atoms with Crippen LogP contribution in [0.3, 0.4) is 0 Å². The van der Waals surface area contributed by atoms with Crippen LogP contribution in [0, 0.1) is 0 Å². The fraction of sp³-hybridized carbons (Fsp3) is 0.0400. The van der Waals surface area contributed by atoms with Crippen LogP contribution in [0.5, 0.6) is 0 Å². The van der Waals surface area contributed by atoms with Crippen molar-refractivity contribution in [1.82, 2.24) is 15.6 Å². The van der Waals surface area contributed by atoms with Crippen LogP contribution in [-0.4, -0.2) is 16.8 Å². The summed E-state index contributed by atoms with van der Waals surface area (Å²) < 4.78 is 0. The van der Waals surface area contributed by atoms with Gasteiger partial charge in [-0.25, -0.2) is 0 Å².